The van der Waals surface area contributed by atoms with Gasteiger partial charge in [-0.15, -0.1) is 12.4 Å². The summed E-state index contributed by atoms with van der Waals surface area (Å²) >= 11 is 2.57. The van der Waals surface area contributed by atoms with Crippen LogP contribution in [0.2, 0.25) is 0 Å². The van der Waals surface area contributed by atoms with Crippen LogP contribution in [0.4, 0.5) is 4.79 Å². The van der Waals surface area contributed by atoms with Gasteiger partial charge in [-0.05, 0) is 0 Å². The molecule has 0 atom stereocenters. The molecule has 0 saturated heterocycles. The van der Waals surface area contributed by atoms with Gasteiger partial charge in [0.2, 0.25) is 0 Å². The van der Waals surface area contributed by atoms with Gasteiger partial charge in [-0.3, -0.25) is 0 Å². The zero-order valence-corrected chi connectivity index (χ0v) is 4.26. The van der Waals surface area contributed by atoms with E-state index in [9.17, 15) is 4.79 Å². The molecule has 0 N–H and O–H groups in total. The summed E-state index contributed by atoms with van der Waals surface area (Å²) in [5.41, 5.74) is 0. The minimum atomic E-state index is -0.619. The molecule has 36 valence electrons. The molecule has 0 bridgehead atoms. The van der Waals surface area contributed by atoms with Crippen LogP contribution in [-0.2, 0) is 17.2 Å². The number of nitrogens with zero attached hydrogens (tertiary/aromatic N) is 1. The molecule has 0 aromatic rings. The van der Waals surface area contributed by atoms with Gasteiger partial charge in [-0.25, -0.2) is 4.79 Å². The lowest BCUT2D eigenvalue weighted by Gasteiger charge is -1.81. The van der Waals surface area contributed by atoms with Crippen LogP contribution in [0, 0.1) is 0 Å². The van der Waals surface area contributed by atoms with Gasteiger partial charge in [0.25, 0.3) is 0 Å². The third kappa shape index (κ3) is 1.90. The van der Waals surface area contributed by atoms with E-state index in [1.807, 2.05) is 0 Å². The van der Waals surface area contributed by atoms with Gasteiger partial charge >= 0.3 is 6.09 Å². The maximum absolute atomic E-state index is 9.74. The van der Waals surface area contributed by atoms with Gasteiger partial charge in [0.1, 0.15) is 0 Å². The smallest absolute Gasteiger partial charge is 0.438 e. The first-order valence-corrected chi connectivity index (χ1v) is 1.71. The molecule has 0 rings (SSSR count). The van der Waals surface area contributed by atoms with Crippen LogP contribution in [-0.4, -0.2) is 13.2 Å². The van der Waals surface area contributed by atoms with Crippen LogP contribution in [0.15, 0.2) is 4.36 Å². The molecule has 0 heterocycles. The average Bonchev–Trinajstić information content (AvgIpc) is 1.65. The number of hydrogen-bond donors (Lipinski definition) is 0. The molecule has 3 nitrogen and oxygen atoms in total. The molecule has 4 heteroatoms. The van der Waals surface area contributed by atoms with Crippen molar-refractivity contribution in [2.75, 3.05) is 7.11 Å². The second-order valence-corrected chi connectivity index (χ2v) is 0.805. The SMILES string of the molecule is COC(=O)N=[SH2]. The van der Waals surface area contributed by atoms with Crippen molar-refractivity contribution < 1.29 is 9.53 Å². The Hall–Kier alpha value is -0.380. The van der Waals surface area contributed by atoms with Gasteiger partial charge < -0.3 is 4.74 Å². The summed E-state index contributed by atoms with van der Waals surface area (Å²) in [5, 5.41) is 0. The molecule has 0 fully saturated rings. The van der Waals surface area contributed by atoms with Crippen LogP contribution in [0.1, 0.15) is 0 Å². The second-order valence-electron chi connectivity index (χ2n) is 0.582. The van der Waals surface area contributed by atoms with Gasteiger partial charge in [0.05, 0.1) is 7.11 Å². The number of carbonyl (C=O) groups excluding carboxylic acids is 1. The third-order valence-electron chi connectivity index (χ3n) is 0.266. The standard InChI is InChI=1S/C2H5NO2S/c1-5-2(4)3-6/h6H2,1H3. The highest BCUT2D eigenvalue weighted by Crippen LogP contribution is 1.72. The molecule has 6 heavy (non-hydrogen) atoms. The number of ether oxygens (including phenoxy) is 1. The lowest BCUT2D eigenvalue weighted by atomic mass is 11.2. The van der Waals surface area contributed by atoms with E-state index in [-0.39, 0.29) is 0 Å². The molecular formula is C2H5NO2S. The Morgan fingerprint density at radius 2 is 2.50 bits per heavy atom. The van der Waals surface area contributed by atoms with Crippen LogP contribution >= 0.6 is 0 Å². The molecule has 0 unspecified atom stereocenters. The number of hydrogen-bond acceptors (Lipinski definition) is 2. The van der Waals surface area contributed by atoms with Crippen molar-refractivity contribution in [1.29, 1.82) is 0 Å². The quantitative estimate of drug-likeness (QED) is 0.435. The first kappa shape index (κ1) is 5.62. The number of carbonyl (C=O) groups is 1. The van der Waals surface area contributed by atoms with E-state index in [1.165, 1.54) is 7.11 Å². The highest BCUT2D eigenvalue weighted by atomic mass is 32.1. The maximum atomic E-state index is 9.74. The molecule has 0 spiro atoms. The fourth-order valence-electron chi connectivity index (χ4n) is 0.0456. The fraction of sp³-hybridized carbons (Fsp3) is 0.500. The van der Waals surface area contributed by atoms with E-state index >= 15 is 0 Å². The summed E-state index contributed by atoms with van der Waals surface area (Å²) < 4.78 is 7.00. The lowest BCUT2D eigenvalue weighted by molar-refractivity contribution is 0.183. The zero-order chi connectivity index (χ0) is 4.99. The summed E-state index contributed by atoms with van der Waals surface area (Å²) in [6.45, 7) is 0. The molecule has 1 amide bonds. The number of amides is 1. The normalized spacial score (nSPS) is 7.00. The van der Waals surface area contributed by atoms with Crippen molar-refractivity contribution in [3.8, 4) is 0 Å². The summed E-state index contributed by atoms with van der Waals surface area (Å²) in [6, 6.07) is 0. The lowest BCUT2D eigenvalue weighted by Crippen LogP contribution is -1.87. The van der Waals surface area contributed by atoms with Crippen molar-refractivity contribution in [2.24, 2.45) is 4.36 Å². The highest BCUT2D eigenvalue weighted by Gasteiger charge is 1.84. The summed E-state index contributed by atoms with van der Waals surface area (Å²) in [4.78, 5) is 9.74. The van der Waals surface area contributed by atoms with Crippen LogP contribution in [0.5, 0.6) is 0 Å². The molecule has 0 aromatic heterocycles. The van der Waals surface area contributed by atoms with Crippen molar-refractivity contribution in [3.63, 3.8) is 0 Å². The Labute approximate surface area is 40.5 Å². The topological polar surface area (TPSA) is 38.7 Å². The summed E-state index contributed by atoms with van der Waals surface area (Å²) in [5.74, 6) is 0. The average molecular weight is 107 g/mol. The van der Waals surface area contributed by atoms with Crippen LogP contribution in [0.3, 0.4) is 0 Å². The third-order valence-corrected chi connectivity index (χ3v) is 0.448. The van der Waals surface area contributed by atoms with E-state index < -0.39 is 6.09 Å². The number of rotatable bonds is 0. The molecule has 0 aliphatic heterocycles. The first-order valence-electron chi connectivity index (χ1n) is 1.26. The van der Waals surface area contributed by atoms with Gasteiger partial charge in [-0.1, -0.05) is 0 Å². The fourth-order valence-corrected chi connectivity index (χ4v) is 0.137. The van der Waals surface area contributed by atoms with Crippen molar-refractivity contribution >= 4 is 18.5 Å². The summed E-state index contributed by atoms with van der Waals surface area (Å²) in [6.07, 6.45) is -0.619. The van der Waals surface area contributed by atoms with E-state index in [1.54, 1.807) is 0 Å². The predicted molar refractivity (Wildman–Crippen MR) is 25.0 cm³/mol. The van der Waals surface area contributed by atoms with E-state index in [0.29, 0.717) is 0 Å². The molecule has 0 aromatic carbocycles. The zero-order valence-electron chi connectivity index (χ0n) is 3.26. The first-order chi connectivity index (χ1) is 2.81. The molecule has 0 saturated carbocycles. The van der Waals surface area contributed by atoms with Crippen LogP contribution in [0.25, 0.3) is 0 Å². The number of methoxy groups -OCH3 is 1. The predicted octanol–water partition coefficient (Wildman–Crippen LogP) is -0.0521. The Morgan fingerprint density at radius 1 is 2.00 bits per heavy atom. The van der Waals surface area contributed by atoms with E-state index in [0.717, 1.165) is 0 Å². The highest BCUT2D eigenvalue weighted by molar-refractivity contribution is 7.47. The monoisotopic (exact) mass is 107 g/mol. The van der Waals surface area contributed by atoms with Crippen molar-refractivity contribution in [3.05, 3.63) is 0 Å². The largest absolute Gasteiger partial charge is 0.451 e. The maximum Gasteiger partial charge on any atom is 0.438 e. The van der Waals surface area contributed by atoms with Crippen LogP contribution < -0.4 is 0 Å². The van der Waals surface area contributed by atoms with E-state index in [4.69, 9.17) is 0 Å². The Balaban J connectivity index is 3.23. The molecule has 0 aliphatic rings. The molecule has 0 radical (unpaired) electrons. The Morgan fingerprint density at radius 3 is 2.50 bits per heavy atom. The van der Waals surface area contributed by atoms with Crippen molar-refractivity contribution in [1.82, 2.24) is 0 Å². The van der Waals surface area contributed by atoms with Gasteiger partial charge in [-0.2, -0.15) is 4.36 Å². The molecule has 0 aliphatic carbocycles. The van der Waals surface area contributed by atoms with Gasteiger partial charge in [0, 0.05) is 0 Å². The Kier molecular flexibility index (Phi) is 2.66. The minimum absolute atomic E-state index is 0.619. The molecular weight excluding hydrogens is 102 g/mol. The van der Waals surface area contributed by atoms with E-state index in [2.05, 4.69) is 21.5 Å². The minimum Gasteiger partial charge on any atom is -0.451 e. The Bertz CT molecular complexity index is 71.9. The second kappa shape index (κ2) is 2.84. The van der Waals surface area contributed by atoms with Crippen molar-refractivity contribution in [2.45, 2.75) is 0 Å². The van der Waals surface area contributed by atoms with Gasteiger partial charge in [0.15, 0.2) is 0 Å². The summed E-state index contributed by atoms with van der Waals surface area (Å²) in [7, 11) is 1.26.